The van der Waals surface area contributed by atoms with E-state index in [0.717, 1.165) is 18.5 Å². The molecule has 0 atom stereocenters. The van der Waals surface area contributed by atoms with E-state index in [9.17, 15) is 12.8 Å². The molecule has 0 aromatic carbocycles. The summed E-state index contributed by atoms with van der Waals surface area (Å²) in [6, 6.07) is 0.944. The quantitative estimate of drug-likeness (QED) is 0.370. The second kappa shape index (κ2) is 5.57. The first kappa shape index (κ1) is 15.6. The van der Waals surface area contributed by atoms with E-state index in [0.29, 0.717) is 12.8 Å². The van der Waals surface area contributed by atoms with Gasteiger partial charge in [0.05, 0.1) is 6.20 Å². The summed E-state index contributed by atoms with van der Waals surface area (Å²) in [5, 5.41) is 11.8. The summed E-state index contributed by atoms with van der Waals surface area (Å²) in [5.74, 6) is -0.610. The van der Waals surface area contributed by atoms with Crippen molar-refractivity contribution < 1.29 is 18.0 Å². The molecule has 1 fully saturated rings. The summed E-state index contributed by atoms with van der Waals surface area (Å²) in [5.41, 5.74) is 5.10. The van der Waals surface area contributed by atoms with Gasteiger partial charge in [-0.3, -0.25) is 4.98 Å². The van der Waals surface area contributed by atoms with Crippen LogP contribution < -0.4 is 5.73 Å². The molecule has 0 bridgehead atoms. The van der Waals surface area contributed by atoms with E-state index < -0.39 is 21.3 Å². The number of hydrogen-bond donors (Lipinski definition) is 2. The molecule has 3 N–H and O–H groups in total. The first-order valence-electron chi connectivity index (χ1n) is 6.38. The summed E-state index contributed by atoms with van der Waals surface area (Å²) in [7, 11) is -3.78. The van der Waals surface area contributed by atoms with Crippen LogP contribution >= 0.6 is 0 Å². The van der Waals surface area contributed by atoms with Gasteiger partial charge < -0.3 is 10.9 Å². The molecular weight excluding hydrogens is 299 g/mol. The smallest absolute Gasteiger partial charge is 0.244 e. The highest BCUT2D eigenvalue weighted by molar-refractivity contribution is 7.89. The Morgan fingerprint density at radius 3 is 2.62 bits per heavy atom. The first-order valence-corrected chi connectivity index (χ1v) is 7.82. The Kier molecular flexibility index (Phi) is 4.15. The maximum atomic E-state index is 13.1. The Hall–Kier alpha value is -1.74. The van der Waals surface area contributed by atoms with Crippen molar-refractivity contribution in [3.63, 3.8) is 0 Å². The second-order valence-corrected chi connectivity index (χ2v) is 7.23. The van der Waals surface area contributed by atoms with Gasteiger partial charge in [0.15, 0.2) is 0 Å². The highest BCUT2D eigenvalue weighted by atomic mass is 32.2. The van der Waals surface area contributed by atoms with Gasteiger partial charge in [-0.2, -0.15) is 4.31 Å². The highest BCUT2D eigenvalue weighted by Crippen LogP contribution is 2.33. The predicted octanol–water partition coefficient (Wildman–Crippen LogP) is 0.758. The standard InChI is InChI=1S/C12H17FN4O3S/c1-12(11(14)16-18)2-4-17(5-3-12)21(19,20)10-6-9(13)7-15-8-10/h6-8,18H,2-5H2,1H3,(H2,14,16). The predicted molar refractivity (Wildman–Crippen MR) is 73.7 cm³/mol. The monoisotopic (exact) mass is 316 g/mol. The van der Waals surface area contributed by atoms with Crippen LogP contribution in [0.4, 0.5) is 4.39 Å². The molecule has 1 aliphatic rings. The summed E-state index contributed by atoms with van der Waals surface area (Å²) in [4.78, 5) is 3.39. The molecule has 0 amide bonds. The lowest BCUT2D eigenvalue weighted by molar-refractivity contribution is 0.229. The van der Waals surface area contributed by atoms with Crippen molar-refractivity contribution in [2.24, 2.45) is 16.3 Å². The third kappa shape index (κ3) is 2.98. The average Bonchev–Trinajstić information content (AvgIpc) is 2.47. The fraction of sp³-hybridized carbons (Fsp3) is 0.500. The molecular formula is C12H17FN4O3S. The number of oxime groups is 1. The molecule has 0 unspecified atom stereocenters. The van der Waals surface area contributed by atoms with Crippen molar-refractivity contribution in [1.29, 1.82) is 0 Å². The number of nitrogens with two attached hydrogens (primary N) is 1. The number of aromatic nitrogens is 1. The van der Waals surface area contributed by atoms with Crippen LogP contribution in [0.1, 0.15) is 19.8 Å². The molecule has 1 saturated heterocycles. The Bertz CT molecular complexity index is 654. The number of amidine groups is 1. The van der Waals surface area contributed by atoms with Crippen LogP contribution in [0.25, 0.3) is 0 Å². The number of halogens is 1. The van der Waals surface area contributed by atoms with Gasteiger partial charge in [-0.05, 0) is 18.9 Å². The van der Waals surface area contributed by atoms with Crippen LogP contribution in [0.15, 0.2) is 28.5 Å². The number of rotatable bonds is 3. The fourth-order valence-electron chi connectivity index (χ4n) is 2.28. The van der Waals surface area contributed by atoms with Gasteiger partial charge >= 0.3 is 0 Å². The van der Waals surface area contributed by atoms with E-state index in [2.05, 4.69) is 10.1 Å². The maximum Gasteiger partial charge on any atom is 0.244 e. The molecule has 2 heterocycles. The number of pyridine rings is 1. The molecule has 1 aromatic heterocycles. The zero-order valence-corrected chi connectivity index (χ0v) is 12.3. The van der Waals surface area contributed by atoms with E-state index in [4.69, 9.17) is 10.9 Å². The van der Waals surface area contributed by atoms with Crippen LogP contribution in [0.5, 0.6) is 0 Å². The molecule has 116 valence electrons. The number of nitrogens with zero attached hydrogens (tertiary/aromatic N) is 3. The Balaban J connectivity index is 2.19. The lowest BCUT2D eigenvalue weighted by atomic mass is 9.80. The summed E-state index contributed by atoms with van der Waals surface area (Å²) in [6.45, 7) is 2.24. The van der Waals surface area contributed by atoms with Crippen LogP contribution in [-0.4, -0.2) is 41.8 Å². The molecule has 1 aliphatic heterocycles. The minimum atomic E-state index is -3.78. The van der Waals surface area contributed by atoms with Crippen molar-refractivity contribution in [1.82, 2.24) is 9.29 Å². The third-order valence-electron chi connectivity index (χ3n) is 3.87. The van der Waals surface area contributed by atoms with Crippen molar-refractivity contribution >= 4 is 15.9 Å². The molecule has 7 nitrogen and oxygen atoms in total. The van der Waals surface area contributed by atoms with Gasteiger partial charge in [0.1, 0.15) is 16.5 Å². The van der Waals surface area contributed by atoms with E-state index in [1.165, 1.54) is 4.31 Å². The molecule has 0 saturated carbocycles. The maximum absolute atomic E-state index is 13.1. The topological polar surface area (TPSA) is 109 Å². The third-order valence-corrected chi connectivity index (χ3v) is 5.73. The second-order valence-electron chi connectivity index (χ2n) is 5.29. The van der Waals surface area contributed by atoms with Crippen molar-refractivity contribution in [3.8, 4) is 0 Å². The van der Waals surface area contributed by atoms with Gasteiger partial charge in [-0.25, -0.2) is 12.8 Å². The fourth-order valence-corrected chi connectivity index (χ4v) is 3.70. The molecule has 21 heavy (non-hydrogen) atoms. The molecule has 9 heteroatoms. The van der Waals surface area contributed by atoms with Crippen LogP contribution in [-0.2, 0) is 10.0 Å². The van der Waals surface area contributed by atoms with E-state index in [-0.39, 0.29) is 23.8 Å². The van der Waals surface area contributed by atoms with Crippen molar-refractivity contribution in [2.45, 2.75) is 24.7 Å². The van der Waals surface area contributed by atoms with Gasteiger partial charge in [0, 0.05) is 24.7 Å². The zero-order valence-electron chi connectivity index (χ0n) is 11.5. The molecule has 0 radical (unpaired) electrons. The van der Waals surface area contributed by atoms with Crippen LogP contribution in [0.3, 0.4) is 0 Å². The van der Waals surface area contributed by atoms with Gasteiger partial charge in [0.2, 0.25) is 10.0 Å². The van der Waals surface area contributed by atoms with Gasteiger partial charge in [-0.1, -0.05) is 12.1 Å². The van der Waals surface area contributed by atoms with Gasteiger partial charge in [-0.15, -0.1) is 0 Å². The van der Waals surface area contributed by atoms with E-state index in [1.54, 1.807) is 0 Å². The molecule has 1 aromatic rings. The summed E-state index contributed by atoms with van der Waals surface area (Å²) < 4.78 is 39.2. The van der Waals surface area contributed by atoms with Gasteiger partial charge in [0.25, 0.3) is 0 Å². The average molecular weight is 316 g/mol. The lowest BCUT2D eigenvalue weighted by Crippen LogP contribution is -2.47. The van der Waals surface area contributed by atoms with Crippen LogP contribution in [0.2, 0.25) is 0 Å². The van der Waals surface area contributed by atoms with Crippen molar-refractivity contribution in [3.05, 3.63) is 24.3 Å². The lowest BCUT2D eigenvalue weighted by Gasteiger charge is -2.37. The summed E-state index contributed by atoms with van der Waals surface area (Å²) >= 11 is 0. The SMILES string of the molecule is CC1(/C(N)=N/O)CCN(S(=O)(=O)c2cncc(F)c2)CC1. The zero-order chi connectivity index (χ0) is 15.7. The minimum absolute atomic E-state index is 0.0898. The Morgan fingerprint density at radius 2 is 2.10 bits per heavy atom. The van der Waals surface area contributed by atoms with E-state index >= 15 is 0 Å². The minimum Gasteiger partial charge on any atom is -0.409 e. The summed E-state index contributed by atoms with van der Waals surface area (Å²) in [6.07, 6.45) is 2.91. The Labute approximate surface area is 122 Å². The normalized spacial score (nSPS) is 20.4. The first-order chi connectivity index (χ1) is 9.79. The van der Waals surface area contributed by atoms with Crippen LogP contribution in [0, 0.1) is 11.2 Å². The molecule has 0 spiro atoms. The Morgan fingerprint density at radius 1 is 1.48 bits per heavy atom. The van der Waals surface area contributed by atoms with E-state index in [1.807, 2.05) is 6.92 Å². The highest BCUT2D eigenvalue weighted by Gasteiger charge is 2.38. The number of piperidine rings is 1. The van der Waals surface area contributed by atoms with Crippen molar-refractivity contribution in [2.75, 3.05) is 13.1 Å². The largest absolute Gasteiger partial charge is 0.409 e. The number of sulfonamides is 1. The molecule has 2 rings (SSSR count). The molecule has 0 aliphatic carbocycles. The number of hydrogen-bond acceptors (Lipinski definition) is 5.